The molecule has 0 saturated carbocycles. The fourth-order valence-corrected chi connectivity index (χ4v) is 2.76. The van der Waals surface area contributed by atoms with E-state index in [0.29, 0.717) is 30.0 Å². The van der Waals surface area contributed by atoms with Gasteiger partial charge in [-0.15, -0.1) is 0 Å². The summed E-state index contributed by atoms with van der Waals surface area (Å²) in [7, 11) is 0. The van der Waals surface area contributed by atoms with E-state index in [-0.39, 0.29) is 11.7 Å². The molecule has 1 aliphatic rings. The van der Waals surface area contributed by atoms with Crippen LogP contribution in [-0.2, 0) is 4.79 Å². The summed E-state index contributed by atoms with van der Waals surface area (Å²) < 4.78 is 13.4. The van der Waals surface area contributed by atoms with Gasteiger partial charge < -0.3 is 10.2 Å². The molecule has 7 heteroatoms. The van der Waals surface area contributed by atoms with Gasteiger partial charge in [0.2, 0.25) is 5.91 Å². The molecule has 124 valence electrons. The molecule has 1 aromatic carbocycles. The maximum absolute atomic E-state index is 13.4. The second-order valence-corrected chi connectivity index (χ2v) is 5.53. The number of amides is 3. The lowest BCUT2D eigenvalue weighted by Gasteiger charge is -2.35. The molecule has 0 bridgehead atoms. The Morgan fingerprint density at radius 1 is 1.38 bits per heavy atom. The smallest absolute Gasteiger partial charge is 0.324 e. The SMILES string of the molecule is Cc1cc(F)ccc1C1C(=O)NCCN1C(=O)Nc1ccccn1. The number of anilines is 1. The van der Waals surface area contributed by atoms with Gasteiger partial charge in [-0.3, -0.25) is 10.1 Å². The number of hydrogen-bond donors (Lipinski definition) is 2. The highest BCUT2D eigenvalue weighted by molar-refractivity contribution is 5.94. The van der Waals surface area contributed by atoms with Crippen molar-refractivity contribution in [3.05, 3.63) is 59.5 Å². The number of benzene rings is 1. The van der Waals surface area contributed by atoms with Crippen LogP contribution in [0.15, 0.2) is 42.6 Å². The summed E-state index contributed by atoms with van der Waals surface area (Å²) in [6.45, 7) is 2.44. The molecule has 0 radical (unpaired) electrons. The van der Waals surface area contributed by atoms with Crippen molar-refractivity contribution < 1.29 is 14.0 Å². The van der Waals surface area contributed by atoms with Gasteiger partial charge in [-0.1, -0.05) is 12.1 Å². The molecule has 1 unspecified atom stereocenters. The maximum atomic E-state index is 13.4. The number of carbonyl (C=O) groups is 2. The highest BCUT2D eigenvalue weighted by Gasteiger charge is 2.35. The Hall–Kier alpha value is -2.96. The van der Waals surface area contributed by atoms with Crippen molar-refractivity contribution in [2.24, 2.45) is 0 Å². The molecule has 1 atom stereocenters. The summed E-state index contributed by atoms with van der Waals surface area (Å²) in [5, 5.41) is 5.44. The van der Waals surface area contributed by atoms with Gasteiger partial charge in [-0.05, 0) is 42.3 Å². The lowest BCUT2D eigenvalue weighted by Crippen LogP contribution is -2.53. The van der Waals surface area contributed by atoms with E-state index < -0.39 is 12.1 Å². The lowest BCUT2D eigenvalue weighted by molar-refractivity contribution is -0.127. The first-order valence-electron chi connectivity index (χ1n) is 7.58. The van der Waals surface area contributed by atoms with Gasteiger partial charge in [0.1, 0.15) is 17.7 Å². The average molecular weight is 328 g/mol. The van der Waals surface area contributed by atoms with Crippen molar-refractivity contribution in [3.8, 4) is 0 Å². The molecule has 1 fully saturated rings. The molecular formula is C17H17FN4O2. The number of nitrogens with zero attached hydrogens (tertiary/aromatic N) is 2. The number of aromatic nitrogens is 1. The molecule has 6 nitrogen and oxygen atoms in total. The number of hydrogen-bond acceptors (Lipinski definition) is 3. The minimum Gasteiger partial charge on any atom is -0.352 e. The van der Waals surface area contributed by atoms with E-state index in [4.69, 9.17) is 0 Å². The van der Waals surface area contributed by atoms with Gasteiger partial charge in [0.25, 0.3) is 0 Å². The summed E-state index contributed by atoms with van der Waals surface area (Å²) in [4.78, 5) is 30.4. The lowest BCUT2D eigenvalue weighted by atomic mass is 9.98. The van der Waals surface area contributed by atoms with Gasteiger partial charge in [0.15, 0.2) is 0 Å². The molecule has 3 amide bonds. The van der Waals surface area contributed by atoms with Crippen molar-refractivity contribution in [2.75, 3.05) is 18.4 Å². The summed E-state index contributed by atoms with van der Waals surface area (Å²) in [5.41, 5.74) is 1.22. The molecule has 24 heavy (non-hydrogen) atoms. The van der Waals surface area contributed by atoms with Gasteiger partial charge in [0, 0.05) is 19.3 Å². The number of carbonyl (C=O) groups excluding carboxylic acids is 2. The van der Waals surface area contributed by atoms with Crippen LogP contribution in [0.5, 0.6) is 0 Å². The van der Waals surface area contributed by atoms with Crippen LogP contribution in [0.25, 0.3) is 0 Å². The van der Waals surface area contributed by atoms with Gasteiger partial charge in [-0.2, -0.15) is 0 Å². The van der Waals surface area contributed by atoms with Gasteiger partial charge in [0.05, 0.1) is 0 Å². The van der Waals surface area contributed by atoms with Crippen LogP contribution in [-0.4, -0.2) is 34.9 Å². The molecule has 3 rings (SSSR count). The van der Waals surface area contributed by atoms with Crippen LogP contribution in [0.1, 0.15) is 17.2 Å². The topological polar surface area (TPSA) is 74.3 Å². The zero-order valence-electron chi connectivity index (χ0n) is 13.1. The number of halogens is 1. The Morgan fingerprint density at radius 3 is 2.92 bits per heavy atom. The number of rotatable bonds is 2. The predicted octanol–water partition coefficient (Wildman–Crippen LogP) is 2.23. The maximum Gasteiger partial charge on any atom is 0.324 e. The third-order valence-electron chi connectivity index (χ3n) is 3.90. The Balaban J connectivity index is 1.89. The quantitative estimate of drug-likeness (QED) is 0.888. The molecule has 1 saturated heterocycles. The minimum atomic E-state index is -0.803. The molecule has 2 N–H and O–H groups in total. The van der Waals surface area contributed by atoms with E-state index in [1.807, 2.05) is 0 Å². The van der Waals surface area contributed by atoms with Crippen molar-refractivity contribution in [1.29, 1.82) is 0 Å². The van der Waals surface area contributed by atoms with E-state index in [0.717, 1.165) is 0 Å². The monoisotopic (exact) mass is 328 g/mol. The molecule has 2 heterocycles. The number of nitrogens with one attached hydrogen (secondary N) is 2. The zero-order chi connectivity index (χ0) is 17.1. The van der Waals surface area contributed by atoms with Crippen LogP contribution < -0.4 is 10.6 Å². The van der Waals surface area contributed by atoms with Crippen LogP contribution in [0.4, 0.5) is 15.0 Å². The van der Waals surface area contributed by atoms with Gasteiger partial charge in [-0.25, -0.2) is 14.2 Å². The van der Waals surface area contributed by atoms with Crippen LogP contribution in [0.2, 0.25) is 0 Å². The fraction of sp³-hybridized carbons (Fsp3) is 0.235. The van der Waals surface area contributed by atoms with Crippen molar-refractivity contribution in [3.63, 3.8) is 0 Å². The highest BCUT2D eigenvalue weighted by atomic mass is 19.1. The second-order valence-electron chi connectivity index (χ2n) is 5.53. The van der Waals surface area contributed by atoms with Gasteiger partial charge >= 0.3 is 6.03 Å². The Labute approximate surface area is 138 Å². The standard InChI is InChI=1S/C17H17FN4O2/c1-11-10-12(18)5-6-13(11)15-16(23)20-8-9-22(15)17(24)21-14-4-2-3-7-19-14/h2-7,10,15H,8-9H2,1H3,(H,20,23)(H,19,21,24). The van der Waals surface area contributed by atoms with Crippen LogP contribution in [0.3, 0.4) is 0 Å². The highest BCUT2D eigenvalue weighted by Crippen LogP contribution is 2.27. The zero-order valence-corrected chi connectivity index (χ0v) is 13.1. The van der Waals surface area contributed by atoms with Crippen LogP contribution >= 0.6 is 0 Å². The Bertz CT molecular complexity index is 766. The average Bonchev–Trinajstić information content (AvgIpc) is 2.56. The second kappa shape index (κ2) is 6.66. The van der Waals surface area contributed by atoms with Crippen molar-refractivity contribution in [1.82, 2.24) is 15.2 Å². The molecule has 1 aromatic heterocycles. The summed E-state index contributed by atoms with van der Waals surface area (Å²) in [6.07, 6.45) is 1.57. The molecule has 0 aliphatic carbocycles. The number of piperazine rings is 1. The molecule has 2 aromatic rings. The van der Waals surface area contributed by atoms with E-state index >= 15 is 0 Å². The summed E-state index contributed by atoms with van der Waals surface area (Å²) in [6, 6.07) is 8.13. The van der Waals surface area contributed by atoms with E-state index in [2.05, 4.69) is 15.6 Å². The first-order chi connectivity index (χ1) is 11.6. The van der Waals surface area contributed by atoms with E-state index in [9.17, 15) is 14.0 Å². The first kappa shape index (κ1) is 15.9. The normalized spacial score (nSPS) is 17.3. The Kier molecular flexibility index (Phi) is 4.41. The molecule has 1 aliphatic heterocycles. The van der Waals surface area contributed by atoms with Crippen molar-refractivity contribution in [2.45, 2.75) is 13.0 Å². The molecule has 0 spiro atoms. The Morgan fingerprint density at radius 2 is 2.21 bits per heavy atom. The third-order valence-corrected chi connectivity index (χ3v) is 3.90. The van der Waals surface area contributed by atoms with Crippen molar-refractivity contribution >= 4 is 17.8 Å². The number of urea groups is 1. The fourth-order valence-electron chi connectivity index (χ4n) is 2.76. The van der Waals surface area contributed by atoms with E-state index in [1.54, 1.807) is 37.4 Å². The first-order valence-corrected chi connectivity index (χ1v) is 7.58. The summed E-state index contributed by atoms with van der Waals surface area (Å²) >= 11 is 0. The third kappa shape index (κ3) is 3.19. The summed E-state index contributed by atoms with van der Waals surface area (Å²) in [5.74, 6) is -0.257. The molecular weight excluding hydrogens is 311 g/mol. The van der Waals surface area contributed by atoms with E-state index in [1.165, 1.54) is 17.0 Å². The number of pyridine rings is 1. The largest absolute Gasteiger partial charge is 0.352 e. The minimum absolute atomic E-state index is 0.285. The van der Waals surface area contributed by atoms with Crippen LogP contribution in [0, 0.1) is 12.7 Å². The predicted molar refractivity (Wildman–Crippen MR) is 86.8 cm³/mol. The number of aryl methyl sites for hydroxylation is 1.